The van der Waals surface area contributed by atoms with Gasteiger partial charge >= 0.3 is 0 Å². The van der Waals surface area contributed by atoms with Gasteiger partial charge in [-0.2, -0.15) is 0 Å². The summed E-state index contributed by atoms with van der Waals surface area (Å²) in [5.41, 5.74) is 0.698. The van der Waals surface area contributed by atoms with E-state index < -0.39 is 48.9 Å². The van der Waals surface area contributed by atoms with Crippen LogP contribution in [0.15, 0.2) is 12.1 Å². The molecule has 0 radical (unpaired) electrons. The lowest BCUT2D eigenvalue weighted by molar-refractivity contribution is -0.278. The van der Waals surface area contributed by atoms with Crippen molar-refractivity contribution in [2.75, 3.05) is 13.7 Å². The maximum atomic E-state index is 14.6. The molecule has 1 aromatic carbocycles. The molecule has 11 heteroatoms. The number of methoxy groups -OCH3 is 1. The summed E-state index contributed by atoms with van der Waals surface area (Å²) < 4.78 is 46.7. The minimum atomic E-state index is -1.65. The highest BCUT2D eigenvalue weighted by atomic mass is 19.1. The standard InChI is InChI=1S/C21H28F2N2O7/c1-9(2)25-10(3)12(7-13-14(22)5-11(30-4)6-15(13)23)20(24-25)32-21-19(29)18(28)17(27)16(8-26)31-21/h5-6,9,16-19,21,26-29H,7-8H2,1-4H3/t16-,17-,18-,19-,21?/m1/s1. The van der Waals surface area contributed by atoms with Crippen molar-refractivity contribution in [1.82, 2.24) is 9.78 Å². The van der Waals surface area contributed by atoms with Crippen molar-refractivity contribution in [3.8, 4) is 11.6 Å². The SMILES string of the molecule is COc1cc(F)c(Cc2c(OC3O[C@H](CO)[C@@H](O)[C@@H](O)[C@H]3O)nn(C(C)C)c2C)c(F)c1. The Morgan fingerprint density at radius 2 is 1.72 bits per heavy atom. The molecule has 0 aliphatic carbocycles. The van der Waals surface area contributed by atoms with E-state index >= 15 is 0 Å². The molecule has 2 heterocycles. The molecule has 0 saturated carbocycles. The molecule has 1 unspecified atom stereocenters. The molecule has 178 valence electrons. The highest BCUT2D eigenvalue weighted by Crippen LogP contribution is 2.32. The summed E-state index contributed by atoms with van der Waals surface area (Å²) >= 11 is 0. The third-order valence-corrected chi connectivity index (χ3v) is 5.51. The number of nitrogens with zero attached hydrogens (tertiary/aromatic N) is 2. The summed E-state index contributed by atoms with van der Waals surface area (Å²) in [7, 11) is 1.30. The Kier molecular flexibility index (Phi) is 7.36. The molecule has 32 heavy (non-hydrogen) atoms. The molecule has 1 saturated heterocycles. The van der Waals surface area contributed by atoms with Gasteiger partial charge in [-0.3, -0.25) is 4.68 Å². The third kappa shape index (κ3) is 4.57. The van der Waals surface area contributed by atoms with Gasteiger partial charge in [-0.25, -0.2) is 8.78 Å². The van der Waals surface area contributed by atoms with Crippen molar-refractivity contribution < 1.29 is 43.4 Å². The fourth-order valence-corrected chi connectivity index (χ4v) is 3.65. The highest BCUT2D eigenvalue weighted by molar-refractivity contribution is 5.39. The van der Waals surface area contributed by atoms with Crippen LogP contribution in [-0.4, -0.2) is 74.6 Å². The predicted octanol–water partition coefficient (Wildman–Crippen LogP) is 0.829. The molecule has 0 amide bonds. The average molecular weight is 458 g/mol. The van der Waals surface area contributed by atoms with Gasteiger partial charge in [0.2, 0.25) is 12.2 Å². The van der Waals surface area contributed by atoms with Gasteiger partial charge in [-0.05, 0) is 20.8 Å². The van der Waals surface area contributed by atoms with Crippen LogP contribution in [0.1, 0.15) is 36.7 Å². The van der Waals surface area contributed by atoms with Gasteiger partial charge in [-0.1, -0.05) is 0 Å². The number of aliphatic hydroxyl groups is 4. The molecular formula is C21H28F2N2O7. The van der Waals surface area contributed by atoms with E-state index in [1.165, 1.54) is 7.11 Å². The zero-order valence-corrected chi connectivity index (χ0v) is 18.2. The second kappa shape index (κ2) is 9.67. The van der Waals surface area contributed by atoms with Gasteiger partial charge < -0.3 is 34.6 Å². The van der Waals surface area contributed by atoms with Crippen molar-refractivity contribution in [2.24, 2.45) is 0 Å². The molecule has 1 aliphatic heterocycles. The lowest BCUT2D eigenvalue weighted by atomic mass is 9.99. The maximum Gasteiger partial charge on any atom is 0.239 e. The fourth-order valence-electron chi connectivity index (χ4n) is 3.65. The van der Waals surface area contributed by atoms with E-state index in [1.54, 1.807) is 11.6 Å². The minimum absolute atomic E-state index is 0.0381. The Hall–Kier alpha value is -2.31. The van der Waals surface area contributed by atoms with E-state index in [9.17, 15) is 29.2 Å². The van der Waals surface area contributed by atoms with E-state index in [2.05, 4.69) is 5.10 Å². The van der Waals surface area contributed by atoms with Crippen molar-refractivity contribution in [3.63, 3.8) is 0 Å². The zero-order valence-electron chi connectivity index (χ0n) is 18.2. The number of ether oxygens (including phenoxy) is 3. The summed E-state index contributed by atoms with van der Waals surface area (Å²) in [6.45, 7) is 4.80. The molecular weight excluding hydrogens is 430 g/mol. The Balaban J connectivity index is 1.98. The van der Waals surface area contributed by atoms with Crippen molar-refractivity contribution in [1.29, 1.82) is 0 Å². The topological polar surface area (TPSA) is 126 Å². The molecule has 1 aliphatic rings. The summed E-state index contributed by atoms with van der Waals surface area (Å²) in [5, 5.41) is 44.0. The Labute approximate surface area is 183 Å². The van der Waals surface area contributed by atoms with Crippen LogP contribution in [0.4, 0.5) is 8.78 Å². The molecule has 1 aromatic heterocycles. The molecule has 5 atom stereocenters. The molecule has 1 fully saturated rings. The first-order valence-corrected chi connectivity index (χ1v) is 10.2. The molecule has 0 bridgehead atoms. The van der Waals surface area contributed by atoms with Gasteiger partial charge in [-0.15, -0.1) is 5.10 Å². The van der Waals surface area contributed by atoms with Gasteiger partial charge in [0.25, 0.3) is 0 Å². The lowest BCUT2D eigenvalue weighted by Gasteiger charge is -2.39. The summed E-state index contributed by atoms with van der Waals surface area (Å²) in [4.78, 5) is 0. The van der Waals surface area contributed by atoms with E-state index in [1.807, 2.05) is 13.8 Å². The number of benzene rings is 1. The summed E-state index contributed by atoms with van der Waals surface area (Å²) in [6, 6.07) is 2.02. The van der Waals surface area contributed by atoms with Crippen LogP contribution in [0.2, 0.25) is 0 Å². The molecule has 2 aromatic rings. The largest absolute Gasteiger partial charge is 0.497 e. The lowest BCUT2D eigenvalue weighted by Crippen LogP contribution is -2.60. The Bertz CT molecular complexity index is 927. The smallest absolute Gasteiger partial charge is 0.239 e. The molecule has 0 spiro atoms. The van der Waals surface area contributed by atoms with Crippen LogP contribution in [-0.2, 0) is 11.2 Å². The summed E-state index contributed by atoms with van der Waals surface area (Å²) in [5.74, 6) is -1.64. The minimum Gasteiger partial charge on any atom is -0.497 e. The second-order valence-electron chi connectivity index (χ2n) is 7.97. The fraction of sp³-hybridized carbons (Fsp3) is 0.571. The third-order valence-electron chi connectivity index (χ3n) is 5.51. The first kappa shape index (κ1) is 24.3. The number of hydrogen-bond acceptors (Lipinski definition) is 8. The number of halogens is 2. The quantitative estimate of drug-likeness (QED) is 0.481. The van der Waals surface area contributed by atoms with E-state index in [4.69, 9.17) is 14.2 Å². The number of hydrogen-bond donors (Lipinski definition) is 4. The van der Waals surface area contributed by atoms with E-state index in [0.717, 1.165) is 12.1 Å². The van der Waals surface area contributed by atoms with Gasteiger partial charge in [0.15, 0.2) is 0 Å². The van der Waals surface area contributed by atoms with Crippen LogP contribution in [0.3, 0.4) is 0 Å². The monoisotopic (exact) mass is 458 g/mol. The average Bonchev–Trinajstić information content (AvgIpc) is 3.06. The summed E-state index contributed by atoms with van der Waals surface area (Å²) in [6.07, 6.45) is -7.71. The highest BCUT2D eigenvalue weighted by Gasteiger charge is 2.45. The van der Waals surface area contributed by atoms with Crippen LogP contribution in [0.5, 0.6) is 11.6 Å². The second-order valence-corrected chi connectivity index (χ2v) is 7.97. The zero-order chi connectivity index (χ0) is 23.7. The normalized spacial score (nSPS) is 25.9. The van der Waals surface area contributed by atoms with E-state index in [-0.39, 0.29) is 29.7 Å². The van der Waals surface area contributed by atoms with Crippen LogP contribution >= 0.6 is 0 Å². The first-order valence-electron chi connectivity index (χ1n) is 10.2. The predicted molar refractivity (Wildman–Crippen MR) is 107 cm³/mol. The van der Waals surface area contributed by atoms with Crippen molar-refractivity contribution >= 4 is 0 Å². The Morgan fingerprint density at radius 3 is 2.25 bits per heavy atom. The number of rotatable bonds is 7. The number of aliphatic hydroxyl groups excluding tert-OH is 4. The van der Waals surface area contributed by atoms with Gasteiger partial charge in [0.1, 0.15) is 41.8 Å². The first-order chi connectivity index (χ1) is 15.1. The van der Waals surface area contributed by atoms with Gasteiger partial charge in [0, 0.05) is 41.4 Å². The van der Waals surface area contributed by atoms with Crippen molar-refractivity contribution in [2.45, 2.75) is 63.9 Å². The van der Waals surface area contributed by atoms with E-state index in [0.29, 0.717) is 11.3 Å². The number of aromatic nitrogens is 2. The molecule has 3 rings (SSSR count). The van der Waals surface area contributed by atoms with Gasteiger partial charge in [0.05, 0.1) is 13.7 Å². The van der Waals surface area contributed by atoms with Crippen LogP contribution in [0.25, 0.3) is 0 Å². The van der Waals surface area contributed by atoms with Crippen LogP contribution in [0, 0.1) is 18.6 Å². The maximum absolute atomic E-state index is 14.6. The Morgan fingerprint density at radius 1 is 1.09 bits per heavy atom. The van der Waals surface area contributed by atoms with Crippen LogP contribution < -0.4 is 9.47 Å². The van der Waals surface area contributed by atoms with Crippen molar-refractivity contribution in [3.05, 3.63) is 40.6 Å². The molecule has 4 N–H and O–H groups in total. The molecule has 9 nitrogen and oxygen atoms in total.